The van der Waals surface area contributed by atoms with Crippen molar-refractivity contribution in [2.24, 2.45) is 0 Å². The molecule has 65 heavy (non-hydrogen) atoms. The largest absolute Gasteiger partial charge is 0.448 e. The number of imide groups is 1. The monoisotopic (exact) mass is 910 g/mol. The van der Waals surface area contributed by atoms with Crippen molar-refractivity contribution in [2.45, 2.75) is 5.92 Å². The van der Waals surface area contributed by atoms with Crippen molar-refractivity contribution in [3.63, 3.8) is 0 Å². The predicted molar refractivity (Wildman–Crippen MR) is 239 cm³/mol. The van der Waals surface area contributed by atoms with E-state index in [9.17, 15) is 14.4 Å². The Labute approximate surface area is 382 Å². The van der Waals surface area contributed by atoms with Crippen LogP contribution in [0.15, 0.2) is 72.8 Å². The van der Waals surface area contributed by atoms with Crippen LogP contribution in [0.25, 0.3) is 11.1 Å². The molecule has 0 N–H and O–H groups in total. The summed E-state index contributed by atoms with van der Waals surface area (Å²) in [5.74, 6) is -0.534. The number of hydrogen-bond acceptors (Lipinski definition) is 15. The summed E-state index contributed by atoms with van der Waals surface area (Å²) in [5.41, 5.74) is 5.65. The number of fused-ring (bicyclic) bond motifs is 4. The Morgan fingerprint density at radius 3 is 1.08 bits per heavy atom. The minimum atomic E-state index is -0.371. The van der Waals surface area contributed by atoms with Gasteiger partial charge in [0.15, 0.2) is 0 Å². The van der Waals surface area contributed by atoms with Gasteiger partial charge in [0.1, 0.15) is 6.61 Å². The molecule has 1 heterocycles. The van der Waals surface area contributed by atoms with Gasteiger partial charge >= 0.3 is 6.09 Å². The Morgan fingerprint density at radius 2 is 0.723 bits per heavy atom. The molecule has 0 saturated carbocycles. The summed E-state index contributed by atoms with van der Waals surface area (Å²) in [6.45, 7) is 10.5. The number of nitrogens with zero attached hydrogens (tertiary/aromatic N) is 2. The van der Waals surface area contributed by atoms with Gasteiger partial charge in [0.25, 0.3) is 11.8 Å². The minimum absolute atomic E-state index is 0.0306. The van der Waals surface area contributed by atoms with Crippen LogP contribution in [0.3, 0.4) is 0 Å². The molecule has 0 fully saturated rings. The molecule has 0 radical (unpaired) electrons. The molecule has 1 aliphatic carbocycles. The Bertz CT molecular complexity index is 1740. The summed E-state index contributed by atoms with van der Waals surface area (Å²) in [5, 5.41) is 0. The molecule has 5 rings (SSSR count). The zero-order valence-corrected chi connectivity index (χ0v) is 37.7. The van der Waals surface area contributed by atoms with E-state index in [1.54, 1.807) is 31.3 Å². The second kappa shape index (κ2) is 31.5. The average molecular weight is 911 g/mol. The van der Waals surface area contributed by atoms with Gasteiger partial charge in [0, 0.05) is 19.5 Å². The first-order valence-corrected chi connectivity index (χ1v) is 22.4. The second-order valence-corrected chi connectivity index (χ2v) is 14.8. The quantitative estimate of drug-likeness (QED) is 0.0588. The number of ether oxygens (including phenoxy) is 12. The maximum absolute atomic E-state index is 12.6. The maximum atomic E-state index is 12.6. The zero-order chi connectivity index (χ0) is 45.6. The molecule has 0 spiro atoms. The van der Waals surface area contributed by atoms with Crippen molar-refractivity contribution in [3.05, 3.63) is 95.1 Å². The fraction of sp³-hybridized carbons (Fsp3) is 0.562. The molecule has 3 aromatic carbocycles. The van der Waals surface area contributed by atoms with Gasteiger partial charge in [0.05, 0.1) is 163 Å². The zero-order valence-electron chi connectivity index (χ0n) is 37.7. The van der Waals surface area contributed by atoms with E-state index in [1.165, 1.54) is 32.1 Å². The standard InChI is InChI=1S/C48H66N2O15/c1-49(48(53)65-38-45-41-10-4-2-8-39(41)40-9-3-5-11-42(40)45)14-16-54-18-20-56-22-24-58-26-28-60-30-32-62-34-36-64-37-35-63-33-31-61-29-27-59-25-23-57-21-19-55-17-15-50-46(51)43-12-6-7-13-44(43)47(50)52/h2-13,45H,14-38H2,1H3. The number of hydrogen-bond donors (Lipinski definition) is 0. The molecule has 17 heteroatoms. The number of likely N-dealkylation sites (N-methyl/N-ethyl adjacent to an activating group) is 1. The number of rotatable bonds is 38. The van der Waals surface area contributed by atoms with Gasteiger partial charge in [-0.2, -0.15) is 0 Å². The summed E-state index contributed by atoms with van der Waals surface area (Å²) in [7, 11) is 1.71. The van der Waals surface area contributed by atoms with Crippen LogP contribution in [-0.2, 0) is 56.8 Å². The lowest BCUT2D eigenvalue weighted by molar-refractivity contribution is -0.0277. The smallest absolute Gasteiger partial charge is 0.409 e. The molecule has 17 nitrogen and oxygen atoms in total. The molecular weight excluding hydrogens is 845 g/mol. The number of benzene rings is 3. The van der Waals surface area contributed by atoms with Crippen LogP contribution in [0, 0.1) is 0 Å². The first-order chi connectivity index (χ1) is 32.1. The van der Waals surface area contributed by atoms with Gasteiger partial charge in [-0.05, 0) is 34.4 Å². The van der Waals surface area contributed by atoms with Crippen LogP contribution in [0.5, 0.6) is 0 Å². The van der Waals surface area contributed by atoms with E-state index in [0.29, 0.717) is 163 Å². The van der Waals surface area contributed by atoms with Gasteiger partial charge in [0.2, 0.25) is 0 Å². The molecule has 0 aromatic heterocycles. The van der Waals surface area contributed by atoms with E-state index in [0.717, 1.165) is 0 Å². The molecule has 0 unspecified atom stereocenters. The summed E-state index contributed by atoms with van der Waals surface area (Å²) in [4.78, 5) is 40.1. The molecule has 3 amide bonds. The van der Waals surface area contributed by atoms with Crippen molar-refractivity contribution in [3.8, 4) is 11.1 Å². The van der Waals surface area contributed by atoms with Gasteiger partial charge < -0.3 is 61.7 Å². The normalized spacial score (nSPS) is 13.1. The predicted octanol–water partition coefficient (Wildman–Crippen LogP) is 4.35. The van der Waals surface area contributed by atoms with Crippen LogP contribution in [0.4, 0.5) is 4.79 Å². The molecule has 0 atom stereocenters. The lowest BCUT2D eigenvalue weighted by atomic mass is 9.98. The van der Waals surface area contributed by atoms with Crippen LogP contribution in [-0.4, -0.2) is 200 Å². The molecule has 358 valence electrons. The van der Waals surface area contributed by atoms with Crippen molar-refractivity contribution in [1.29, 1.82) is 0 Å². The molecule has 0 bridgehead atoms. The van der Waals surface area contributed by atoms with Crippen LogP contribution in [0.2, 0.25) is 0 Å². The highest BCUT2D eigenvalue weighted by Gasteiger charge is 2.34. The highest BCUT2D eigenvalue weighted by atomic mass is 16.6. The highest BCUT2D eigenvalue weighted by molar-refractivity contribution is 6.21. The van der Waals surface area contributed by atoms with E-state index >= 15 is 0 Å². The lowest BCUT2D eigenvalue weighted by Gasteiger charge is -2.19. The van der Waals surface area contributed by atoms with Gasteiger partial charge in [-0.3, -0.25) is 14.5 Å². The van der Waals surface area contributed by atoms with Gasteiger partial charge in [-0.1, -0.05) is 60.7 Å². The van der Waals surface area contributed by atoms with Crippen LogP contribution < -0.4 is 0 Å². The lowest BCUT2D eigenvalue weighted by Crippen LogP contribution is -2.33. The highest BCUT2D eigenvalue weighted by Crippen LogP contribution is 2.44. The second-order valence-electron chi connectivity index (χ2n) is 14.8. The topological polar surface area (TPSA) is 168 Å². The summed E-state index contributed by atoms with van der Waals surface area (Å²) >= 11 is 0. The van der Waals surface area contributed by atoms with Gasteiger partial charge in [-0.15, -0.1) is 0 Å². The van der Waals surface area contributed by atoms with E-state index in [2.05, 4.69) is 24.3 Å². The van der Waals surface area contributed by atoms with Crippen molar-refractivity contribution in [2.75, 3.05) is 172 Å². The van der Waals surface area contributed by atoms with Crippen molar-refractivity contribution in [1.82, 2.24) is 9.80 Å². The third kappa shape index (κ3) is 18.4. The summed E-state index contributed by atoms with van der Waals surface area (Å²) in [6, 6.07) is 23.4. The fourth-order valence-electron chi connectivity index (χ4n) is 6.90. The van der Waals surface area contributed by atoms with Crippen molar-refractivity contribution < 1.29 is 71.2 Å². The summed E-state index contributed by atoms with van der Waals surface area (Å²) < 4.78 is 66.4. The van der Waals surface area contributed by atoms with Crippen molar-refractivity contribution >= 4 is 17.9 Å². The fourth-order valence-corrected chi connectivity index (χ4v) is 6.90. The Hall–Kier alpha value is -4.37. The number of carbonyl (C=O) groups excluding carboxylic acids is 3. The molecule has 1 aliphatic heterocycles. The Balaban J connectivity index is 0.671. The molecule has 0 saturated heterocycles. The SMILES string of the molecule is CN(CCOCCOCCOCCOCCOCCOCCOCCOCCOCCOCCOCCN1C(=O)c2ccccc2C1=O)C(=O)OCC1c2ccccc2-c2ccccc21. The first-order valence-electron chi connectivity index (χ1n) is 22.4. The van der Waals surface area contributed by atoms with E-state index in [4.69, 9.17) is 56.8 Å². The average Bonchev–Trinajstić information content (AvgIpc) is 3.78. The maximum Gasteiger partial charge on any atom is 0.409 e. The van der Waals surface area contributed by atoms with Gasteiger partial charge in [-0.25, -0.2) is 4.79 Å². The van der Waals surface area contributed by atoms with E-state index in [-0.39, 0.29) is 37.0 Å². The molecule has 2 aliphatic rings. The Morgan fingerprint density at radius 1 is 0.431 bits per heavy atom. The van der Waals surface area contributed by atoms with Crippen LogP contribution in [0.1, 0.15) is 37.8 Å². The third-order valence-corrected chi connectivity index (χ3v) is 10.3. The van der Waals surface area contributed by atoms with Crippen LogP contribution >= 0.6 is 0 Å². The number of amides is 3. The molecular formula is C48H66N2O15. The Kier molecular flexibility index (Phi) is 25.0. The van der Waals surface area contributed by atoms with E-state index in [1.807, 2.05) is 24.3 Å². The summed E-state index contributed by atoms with van der Waals surface area (Å²) in [6.07, 6.45) is -0.371. The molecule has 3 aromatic rings. The van der Waals surface area contributed by atoms with E-state index < -0.39 is 0 Å². The first kappa shape index (κ1) is 51.6. The third-order valence-electron chi connectivity index (χ3n) is 10.3. The number of carbonyl (C=O) groups is 3. The minimum Gasteiger partial charge on any atom is -0.448 e.